The Morgan fingerprint density at radius 2 is 1.36 bits per heavy atom. The molecule has 5 nitrogen and oxygen atoms in total. The molecule has 3 aromatic heterocycles. The van der Waals surface area contributed by atoms with Gasteiger partial charge in [-0.25, -0.2) is 4.98 Å². The first kappa shape index (κ1) is 39.6. The van der Waals surface area contributed by atoms with Gasteiger partial charge in [-0.2, -0.15) is 18.2 Å². The molecule has 0 aliphatic rings. The minimum atomic E-state index is -0.442. The number of aryl methyl sites for hydroxylation is 1. The summed E-state index contributed by atoms with van der Waals surface area (Å²) in [5.74, 6) is 2.32. The average molecular weight is 1060 g/mol. The van der Waals surface area contributed by atoms with E-state index in [-0.39, 0.29) is 49.5 Å². The van der Waals surface area contributed by atoms with Crippen molar-refractivity contribution in [3.05, 3.63) is 198 Å². The summed E-state index contributed by atoms with van der Waals surface area (Å²) in [4.78, 5) is 4.84. The molecule has 0 bridgehead atoms. The molecule has 0 spiro atoms. The smallest absolute Gasteiger partial charge is 0.268 e. The van der Waals surface area contributed by atoms with E-state index in [0.717, 1.165) is 72.9 Å². The van der Waals surface area contributed by atoms with Crippen molar-refractivity contribution in [1.82, 2.24) is 14.1 Å². The van der Waals surface area contributed by atoms with E-state index in [1.807, 2.05) is 82.9 Å². The number of pyridine rings is 1. The molecule has 0 radical (unpaired) electrons. The van der Waals surface area contributed by atoms with E-state index >= 15 is 0 Å². The Kier molecular flexibility index (Phi) is 10.6. The number of imidazole rings is 1. The maximum absolute atomic E-state index is 9.24. The Hall–Kier alpha value is -6.55. The fourth-order valence-corrected chi connectivity index (χ4v) is 9.01. The molecule has 338 valence electrons. The van der Waals surface area contributed by atoms with E-state index < -0.39 is 18.1 Å². The Morgan fingerprint density at radius 3 is 2.09 bits per heavy atom. The van der Waals surface area contributed by atoms with Gasteiger partial charge in [-0.3, -0.25) is 4.57 Å². The van der Waals surface area contributed by atoms with Crippen LogP contribution in [0.3, 0.4) is 0 Å². The van der Waals surface area contributed by atoms with E-state index in [9.17, 15) is 2.74 Å². The van der Waals surface area contributed by atoms with Crippen LogP contribution < -0.4 is 9.30 Å². The van der Waals surface area contributed by atoms with Crippen LogP contribution in [0.15, 0.2) is 158 Å². The van der Waals surface area contributed by atoms with Gasteiger partial charge in [0.2, 0.25) is 0 Å². The molecule has 0 aliphatic heterocycles. The number of hydrogen-bond acceptors (Lipinski definition) is 2. The number of ether oxygens (including phenoxy) is 1. The first-order chi connectivity index (χ1) is 33.8. The fourth-order valence-electron chi connectivity index (χ4n) is 9.01. The van der Waals surface area contributed by atoms with Crippen molar-refractivity contribution in [2.24, 2.45) is 5.92 Å². The van der Waals surface area contributed by atoms with Gasteiger partial charge in [0.25, 0.3) is 6.33 Å². The SMILES string of the molecule is [2H]c1c([2H])c([2H])c(-c2cccc(-c3cc(C(C)(C)C)cc(C(C)(C)C)c3)c2-[n+]2[c-]n(-c3[c-]c(Oc4[c-]c5c(cc4)c4ccccc4n5-c4cc(CC(C)C)ccn4)ccc3)c3cccc(C)c32)c([2H])c1[2H].[Pt]. The zero-order valence-corrected chi connectivity index (χ0v) is 41.7. The monoisotopic (exact) mass is 1060 g/mol. The van der Waals surface area contributed by atoms with Crippen LogP contribution in [0.2, 0.25) is 0 Å². The fraction of sp³-hybridized carbons (Fsp3) is 0.213. The first-order valence-electron chi connectivity index (χ1n) is 25.2. The van der Waals surface area contributed by atoms with Crippen LogP contribution in [0.25, 0.3) is 72.3 Å². The van der Waals surface area contributed by atoms with Gasteiger partial charge < -0.3 is 13.9 Å². The summed E-state index contributed by atoms with van der Waals surface area (Å²) in [6.07, 6.45) is 6.52. The number of fused-ring (bicyclic) bond motifs is 4. The van der Waals surface area contributed by atoms with Crippen molar-refractivity contribution in [3.8, 4) is 50.9 Å². The van der Waals surface area contributed by atoms with Gasteiger partial charge in [-0.15, -0.1) is 29.7 Å². The minimum Gasteiger partial charge on any atom is -0.510 e. The quantitative estimate of drug-likeness (QED) is 0.107. The molecular formula is C61H56N4OPt-2. The molecule has 67 heavy (non-hydrogen) atoms. The van der Waals surface area contributed by atoms with Gasteiger partial charge in [-0.05, 0) is 104 Å². The standard InChI is InChI=1S/C61H56N4O.Pt/c1-40(2)32-42-30-31-62-57(33-42)65-54-26-14-13-23-52(54)53-29-28-49(38-56(53)65)66-48-22-16-21-47(37-48)63-39-64(58-41(3)18-15-27-55(58)63)59-50(43-19-11-10-12-20-43)24-17-25-51(59)44-34-45(60(4,5)6)36-46(35-44)61(7,8)9;/h10-31,33-36,40H,32H2,1-9H3;/q-2;/i10D,11D,12D,19D,20D;. The molecule has 0 unspecified atom stereocenters. The van der Waals surface area contributed by atoms with Crippen molar-refractivity contribution in [1.29, 1.82) is 0 Å². The number of aromatic nitrogens is 4. The third-order valence-electron chi connectivity index (χ3n) is 12.3. The Morgan fingerprint density at radius 1 is 0.687 bits per heavy atom. The van der Waals surface area contributed by atoms with Gasteiger partial charge in [0.1, 0.15) is 5.82 Å². The molecule has 10 rings (SSSR count). The topological polar surface area (TPSA) is 35.9 Å². The molecule has 0 fully saturated rings. The van der Waals surface area contributed by atoms with Crippen LogP contribution in [0, 0.1) is 31.3 Å². The van der Waals surface area contributed by atoms with Gasteiger partial charge in [0, 0.05) is 44.3 Å². The van der Waals surface area contributed by atoms with Crippen LogP contribution in [0.4, 0.5) is 0 Å². The van der Waals surface area contributed by atoms with Gasteiger partial charge in [-0.1, -0.05) is 164 Å². The van der Waals surface area contributed by atoms with Gasteiger partial charge in [0.15, 0.2) is 0 Å². The molecule has 0 saturated carbocycles. The largest absolute Gasteiger partial charge is 0.510 e. The Labute approximate surface area is 417 Å². The molecule has 0 aliphatic carbocycles. The second-order valence-corrected chi connectivity index (χ2v) is 19.8. The summed E-state index contributed by atoms with van der Waals surface area (Å²) in [6, 6.07) is 46.3. The summed E-state index contributed by atoms with van der Waals surface area (Å²) in [7, 11) is 0. The molecule has 0 amide bonds. The Bertz CT molecular complexity index is 3690. The predicted octanol–water partition coefficient (Wildman–Crippen LogP) is 15.0. The van der Waals surface area contributed by atoms with E-state index in [4.69, 9.17) is 13.8 Å². The molecule has 0 atom stereocenters. The van der Waals surface area contributed by atoms with Crippen molar-refractivity contribution >= 4 is 32.8 Å². The second kappa shape index (κ2) is 17.9. The van der Waals surface area contributed by atoms with Crippen molar-refractivity contribution in [2.75, 3.05) is 0 Å². The van der Waals surface area contributed by atoms with Crippen LogP contribution in [0.1, 0.15) is 84.5 Å². The summed E-state index contributed by atoms with van der Waals surface area (Å²) in [5.41, 5.74) is 11.3. The molecule has 6 heteroatoms. The second-order valence-electron chi connectivity index (χ2n) is 19.8. The van der Waals surface area contributed by atoms with Crippen LogP contribution in [-0.4, -0.2) is 14.1 Å². The molecule has 0 saturated heterocycles. The number of nitrogens with zero attached hydrogens (tertiary/aromatic N) is 4. The molecule has 3 heterocycles. The van der Waals surface area contributed by atoms with Crippen molar-refractivity contribution in [2.45, 2.75) is 79.6 Å². The summed E-state index contributed by atoms with van der Waals surface area (Å²) in [5, 5.41) is 2.14. The number of para-hydroxylation sites is 3. The number of rotatable bonds is 9. The van der Waals surface area contributed by atoms with Gasteiger partial charge in [0.05, 0.1) is 23.6 Å². The molecule has 7 aromatic carbocycles. The minimum absolute atomic E-state index is 0. The van der Waals surface area contributed by atoms with Crippen LogP contribution >= 0.6 is 0 Å². The first-order valence-corrected chi connectivity index (χ1v) is 22.7. The predicted molar refractivity (Wildman–Crippen MR) is 272 cm³/mol. The van der Waals surface area contributed by atoms with Gasteiger partial charge >= 0.3 is 0 Å². The summed E-state index contributed by atoms with van der Waals surface area (Å²) >= 11 is 0. The van der Waals surface area contributed by atoms with E-state index in [1.54, 1.807) is 0 Å². The van der Waals surface area contributed by atoms with E-state index in [2.05, 4.69) is 139 Å². The maximum Gasteiger partial charge on any atom is 0.268 e. The zero-order chi connectivity index (χ0) is 50.3. The average Bonchev–Trinajstić information content (AvgIpc) is 3.89. The summed E-state index contributed by atoms with van der Waals surface area (Å²) < 4.78 is 57.2. The van der Waals surface area contributed by atoms with Crippen molar-refractivity contribution in [3.63, 3.8) is 0 Å². The number of benzene rings is 7. The van der Waals surface area contributed by atoms with Crippen LogP contribution in [0.5, 0.6) is 11.5 Å². The maximum atomic E-state index is 9.24. The normalized spacial score (nSPS) is 13.1. The molecule has 0 N–H and O–H groups in total. The number of hydrogen-bond donors (Lipinski definition) is 0. The van der Waals surface area contributed by atoms with Crippen LogP contribution in [-0.2, 0) is 38.3 Å². The molecule has 10 aromatic rings. The third kappa shape index (κ3) is 8.78. The van der Waals surface area contributed by atoms with E-state index in [1.165, 1.54) is 5.56 Å². The third-order valence-corrected chi connectivity index (χ3v) is 12.3. The zero-order valence-electron chi connectivity index (χ0n) is 44.4. The van der Waals surface area contributed by atoms with Crippen molar-refractivity contribution < 1.29 is 37.2 Å². The molecular weight excluding hydrogens is 1000 g/mol. The summed E-state index contributed by atoms with van der Waals surface area (Å²) in [6.45, 7) is 19.7. The Balaban J connectivity index is 0.00000640. The van der Waals surface area contributed by atoms with E-state index in [0.29, 0.717) is 34.4 Å².